The summed E-state index contributed by atoms with van der Waals surface area (Å²) in [6.07, 6.45) is 2.39. The number of methoxy groups -OCH3 is 2. The molecule has 1 atom stereocenters. The molecule has 0 radical (unpaired) electrons. The number of ether oxygens (including phenoxy) is 2. The zero-order valence-electron chi connectivity index (χ0n) is 14.2. The van der Waals surface area contributed by atoms with Gasteiger partial charge in [0, 0.05) is 6.54 Å². The summed E-state index contributed by atoms with van der Waals surface area (Å²) in [6, 6.07) is 9.83. The van der Waals surface area contributed by atoms with Gasteiger partial charge in [-0.25, -0.2) is 0 Å². The summed E-state index contributed by atoms with van der Waals surface area (Å²) in [5.74, 6) is 2.14. The maximum atomic E-state index is 13.2. The molecule has 4 rings (SSSR count). The largest absolute Gasteiger partial charge is 0.497 e. The van der Waals surface area contributed by atoms with E-state index in [-0.39, 0.29) is 11.3 Å². The lowest BCUT2D eigenvalue weighted by molar-refractivity contribution is -0.125. The molecule has 0 bridgehead atoms. The number of anilines is 1. The number of rotatable bonds is 3. The average molecular weight is 403 g/mol. The van der Waals surface area contributed by atoms with E-state index in [0.29, 0.717) is 18.2 Å². The monoisotopic (exact) mass is 402 g/mol. The van der Waals surface area contributed by atoms with E-state index in [0.717, 1.165) is 29.5 Å². The number of hydrogen-bond acceptors (Lipinski definition) is 4. The van der Waals surface area contributed by atoms with Crippen molar-refractivity contribution in [2.24, 2.45) is 5.41 Å². The summed E-state index contributed by atoms with van der Waals surface area (Å²) in [5, 5.41) is 0. The molecule has 1 unspecified atom stereocenters. The molecular weight excluding hydrogens is 384 g/mol. The molecular formula is C19H19BrN2O3. The molecule has 130 valence electrons. The van der Waals surface area contributed by atoms with Crippen molar-refractivity contribution >= 4 is 27.7 Å². The van der Waals surface area contributed by atoms with Gasteiger partial charge in [-0.3, -0.25) is 9.69 Å². The van der Waals surface area contributed by atoms with Crippen LogP contribution in [0.15, 0.2) is 34.8 Å². The highest BCUT2D eigenvalue weighted by Crippen LogP contribution is 2.46. The molecule has 2 aromatic rings. The summed E-state index contributed by atoms with van der Waals surface area (Å²) in [4.78, 5) is 19.5. The Kier molecular flexibility index (Phi) is 3.95. The van der Waals surface area contributed by atoms with Gasteiger partial charge in [-0.2, -0.15) is 4.98 Å². The molecule has 1 aromatic carbocycles. The van der Waals surface area contributed by atoms with Crippen LogP contribution in [-0.4, -0.2) is 31.7 Å². The number of carbonyl (C=O) groups excluding carboxylic acids is 1. The lowest BCUT2D eigenvalue weighted by Gasteiger charge is -2.22. The van der Waals surface area contributed by atoms with Gasteiger partial charge < -0.3 is 9.47 Å². The van der Waals surface area contributed by atoms with E-state index in [2.05, 4.69) is 33.0 Å². The first-order valence-electron chi connectivity index (χ1n) is 8.24. The highest BCUT2D eigenvalue weighted by Gasteiger charge is 2.50. The number of halogens is 1. The Hall–Kier alpha value is -2.08. The lowest BCUT2D eigenvalue weighted by Crippen LogP contribution is -2.35. The second kappa shape index (κ2) is 6.02. The van der Waals surface area contributed by atoms with Crippen molar-refractivity contribution in [2.45, 2.75) is 19.3 Å². The van der Waals surface area contributed by atoms with Crippen molar-refractivity contribution in [3.63, 3.8) is 0 Å². The molecule has 2 heterocycles. The van der Waals surface area contributed by atoms with E-state index in [4.69, 9.17) is 9.47 Å². The molecule has 5 nitrogen and oxygen atoms in total. The number of carbonyl (C=O) groups is 1. The summed E-state index contributed by atoms with van der Waals surface area (Å²) in [6.45, 7) is 0.682. The first kappa shape index (κ1) is 16.4. The molecule has 0 saturated carbocycles. The van der Waals surface area contributed by atoms with Crippen LogP contribution in [0.4, 0.5) is 5.82 Å². The molecule has 25 heavy (non-hydrogen) atoms. The molecule has 1 aliphatic carbocycles. The Balaban J connectivity index is 1.62. The normalized spacial score (nSPS) is 21.7. The van der Waals surface area contributed by atoms with Crippen molar-refractivity contribution in [1.29, 1.82) is 0 Å². The van der Waals surface area contributed by atoms with Gasteiger partial charge in [0.25, 0.3) is 0 Å². The molecule has 2 aliphatic rings. The van der Waals surface area contributed by atoms with Gasteiger partial charge in [-0.15, -0.1) is 0 Å². The van der Waals surface area contributed by atoms with E-state index < -0.39 is 0 Å². The Morgan fingerprint density at radius 3 is 2.68 bits per heavy atom. The quantitative estimate of drug-likeness (QED) is 0.789. The molecule has 1 fully saturated rings. The van der Waals surface area contributed by atoms with Gasteiger partial charge in [-0.05, 0) is 70.6 Å². The number of benzene rings is 1. The van der Waals surface area contributed by atoms with Crippen LogP contribution in [0.1, 0.15) is 17.5 Å². The van der Waals surface area contributed by atoms with E-state index in [9.17, 15) is 4.79 Å². The number of hydrogen-bond donors (Lipinski definition) is 0. The fraction of sp³-hybridized carbons (Fsp3) is 0.368. The lowest BCUT2D eigenvalue weighted by atomic mass is 9.83. The first-order chi connectivity index (χ1) is 12.1. The minimum absolute atomic E-state index is 0.152. The van der Waals surface area contributed by atoms with Gasteiger partial charge in [0.2, 0.25) is 11.8 Å². The number of pyridine rings is 1. The molecule has 6 heteroatoms. The highest BCUT2D eigenvalue weighted by molar-refractivity contribution is 9.10. The van der Waals surface area contributed by atoms with Gasteiger partial charge in [-0.1, -0.05) is 6.07 Å². The summed E-state index contributed by atoms with van der Waals surface area (Å²) in [5.41, 5.74) is 2.12. The molecule has 1 aromatic heterocycles. The maximum Gasteiger partial charge on any atom is 0.235 e. The van der Waals surface area contributed by atoms with Crippen LogP contribution < -0.4 is 14.4 Å². The van der Waals surface area contributed by atoms with Crippen LogP contribution >= 0.6 is 15.9 Å². The van der Waals surface area contributed by atoms with Crippen molar-refractivity contribution in [1.82, 2.24) is 4.98 Å². The first-order valence-corrected chi connectivity index (χ1v) is 9.04. The van der Waals surface area contributed by atoms with Crippen LogP contribution in [0.3, 0.4) is 0 Å². The number of nitrogens with zero attached hydrogens (tertiary/aromatic N) is 2. The second-order valence-electron chi connectivity index (χ2n) is 6.64. The van der Waals surface area contributed by atoms with E-state index in [1.54, 1.807) is 19.1 Å². The van der Waals surface area contributed by atoms with Crippen LogP contribution in [0.5, 0.6) is 11.6 Å². The summed E-state index contributed by atoms with van der Waals surface area (Å²) in [7, 11) is 3.24. The Bertz CT molecular complexity index is 855. The average Bonchev–Trinajstić information content (AvgIpc) is 3.15. The van der Waals surface area contributed by atoms with Gasteiger partial charge in [0.05, 0.1) is 24.1 Å². The molecule has 1 aliphatic heterocycles. The van der Waals surface area contributed by atoms with E-state index in [1.807, 2.05) is 18.2 Å². The third-order valence-corrected chi connectivity index (χ3v) is 5.86. The third-order valence-electron chi connectivity index (χ3n) is 5.25. The Morgan fingerprint density at radius 1 is 1.12 bits per heavy atom. The van der Waals surface area contributed by atoms with Crippen LogP contribution in [0.25, 0.3) is 0 Å². The summed E-state index contributed by atoms with van der Waals surface area (Å²) >= 11 is 3.40. The predicted octanol–water partition coefficient (Wildman–Crippen LogP) is 3.38. The molecule has 1 saturated heterocycles. The van der Waals surface area contributed by atoms with Crippen LogP contribution in [0, 0.1) is 5.41 Å². The standard InChI is InChI=1S/C19H19BrN2O3/c1-24-14-4-3-12-10-19(11-13(12)9-14)7-8-22(18(19)23)16-6-5-15(20)17(21-16)25-2/h3-6,9H,7-8,10-11H2,1-2H3. The topological polar surface area (TPSA) is 51.7 Å². The van der Waals surface area contributed by atoms with Crippen molar-refractivity contribution < 1.29 is 14.3 Å². The number of amides is 1. The van der Waals surface area contributed by atoms with Crippen molar-refractivity contribution in [3.05, 3.63) is 45.9 Å². The van der Waals surface area contributed by atoms with Gasteiger partial charge in [0.1, 0.15) is 11.6 Å². The smallest absolute Gasteiger partial charge is 0.235 e. The van der Waals surface area contributed by atoms with Crippen LogP contribution in [0.2, 0.25) is 0 Å². The number of aromatic nitrogens is 1. The summed E-state index contributed by atoms with van der Waals surface area (Å²) < 4.78 is 11.4. The minimum atomic E-state index is -0.351. The zero-order valence-corrected chi connectivity index (χ0v) is 15.8. The Morgan fingerprint density at radius 2 is 1.92 bits per heavy atom. The zero-order chi connectivity index (χ0) is 17.6. The minimum Gasteiger partial charge on any atom is -0.497 e. The molecule has 1 amide bonds. The van der Waals surface area contributed by atoms with Crippen molar-refractivity contribution in [3.8, 4) is 11.6 Å². The molecule has 1 spiro atoms. The fourth-order valence-corrected chi connectivity index (χ4v) is 4.31. The van der Waals surface area contributed by atoms with E-state index in [1.165, 1.54) is 11.1 Å². The Labute approximate surface area is 155 Å². The van der Waals surface area contributed by atoms with Gasteiger partial charge >= 0.3 is 0 Å². The maximum absolute atomic E-state index is 13.2. The van der Waals surface area contributed by atoms with Crippen LogP contribution in [-0.2, 0) is 17.6 Å². The van der Waals surface area contributed by atoms with Crippen molar-refractivity contribution in [2.75, 3.05) is 25.7 Å². The third kappa shape index (κ3) is 2.59. The highest BCUT2D eigenvalue weighted by atomic mass is 79.9. The molecule has 0 N–H and O–H groups in total. The predicted molar refractivity (Wildman–Crippen MR) is 98.3 cm³/mol. The number of fused-ring (bicyclic) bond motifs is 1. The second-order valence-corrected chi connectivity index (χ2v) is 7.49. The van der Waals surface area contributed by atoms with E-state index >= 15 is 0 Å². The van der Waals surface area contributed by atoms with Gasteiger partial charge in [0.15, 0.2) is 0 Å². The SMILES string of the molecule is COc1ccc2c(c1)CC1(CCN(c3ccc(Br)c(OC)n3)C1=O)C2. The fourth-order valence-electron chi connectivity index (χ4n) is 3.93.